The third-order valence-corrected chi connectivity index (χ3v) is 4.77. The Morgan fingerprint density at radius 2 is 1.89 bits per heavy atom. The van der Waals surface area contributed by atoms with Gasteiger partial charge in [-0.1, -0.05) is 37.6 Å². The first-order valence-electron chi connectivity index (χ1n) is 9.23. The predicted octanol–water partition coefficient (Wildman–Crippen LogP) is 4.46. The molecule has 0 atom stereocenters. The molecule has 0 saturated heterocycles. The van der Waals surface area contributed by atoms with Crippen LogP contribution in [0.1, 0.15) is 42.1 Å². The maximum atomic E-state index is 4.53. The first-order valence-corrected chi connectivity index (χ1v) is 10.5. The summed E-state index contributed by atoms with van der Waals surface area (Å²) < 4.78 is 3.24. The van der Waals surface area contributed by atoms with E-state index in [0.717, 1.165) is 58.0 Å². The molecule has 142 valence electrons. The summed E-state index contributed by atoms with van der Waals surface area (Å²) in [6.45, 7) is 6.15. The quantitative estimate of drug-likeness (QED) is 0.514. The van der Waals surface area contributed by atoms with Crippen molar-refractivity contribution >= 4 is 17.6 Å². The second-order valence-corrected chi connectivity index (χ2v) is 6.81. The van der Waals surface area contributed by atoms with Gasteiger partial charge in [-0.15, -0.1) is 0 Å². The first-order chi connectivity index (χ1) is 13.7. The van der Waals surface area contributed by atoms with Gasteiger partial charge in [0.05, 0.1) is 28.3 Å². The molecule has 6 heteroatoms. The van der Waals surface area contributed by atoms with Gasteiger partial charge in [-0.05, 0) is 38.0 Å². The molecule has 0 aliphatic carbocycles. The molecule has 0 radical (unpaired) electrons. The number of aryl methyl sites for hydroxylation is 3. The van der Waals surface area contributed by atoms with E-state index < -0.39 is 0 Å². The highest BCUT2D eigenvalue weighted by molar-refractivity contribution is 7.99. The fraction of sp³-hybridized carbons (Fsp3) is 0.273. The second kappa shape index (κ2) is 9.34. The molecular weight excluding hydrogens is 366 g/mol. The van der Waals surface area contributed by atoms with Gasteiger partial charge < -0.3 is 4.72 Å². The molecule has 3 aromatic rings. The predicted molar refractivity (Wildman–Crippen MR) is 116 cm³/mol. The molecule has 0 fully saturated rings. The van der Waals surface area contributed by atoms with Crippen molar-refractivity contribution in [2.75, 3.05) is 11.0 Å². The van der Waals surface area contributed by atoms with Gasteiger partial charge in [0.25, 0.3) is 0 Å². The van der Waals surface area contributed by atoms with Crippen LogP contribution in [0.4, 0.5) is 5.69 Å². The molecule has 3 aromatic heterocycles. The van der Waals surface area contributed by atoms with Crippen LogP contribution < -0.4 is 4.72 Å². The fourth-order valence-corrected chi connectivity index (χ4v) is 3.24. The van der Waals surface area contributed by atoms with E-state index in [2.05, 4.69) is 56.4 Å². The van der Waals surface area contributed by atoms with Crippen molar-refractivity contribution in [1.29, 1.82) is 0 Å². The minimum Gasteiger partial charge on any atom is -0.328 e. The number of rotatable bonds is 5. The highest BCUT2D eigenvalue weighted by Gasteiger charge is 2.11. The lowest BCUT2D eigenvalue weighted by atomic mass is 10.0. The smallest absolute Gasteiger partial charge is 0.116 e. The minimum absolute atomic E-state index is 0.788. The SMILES string of the molecule is CCc1cc(-c2ncnc(CC)c2C#Cc2cnc(C)c(NSC)c2)ccn1. The van der Waals surface area contributed by atoms with Crippen LogP contribution in [0.15, 0.2) is 36.9 Å². The zero-order valence-electron chi connectivity index (χ0n) is 16.6. The number of aromatic nitrogens is 4. The Labute approximate surface area is 170 Å². The van der Waals surface area contributed by atoms with Crippen LogP contribution in [0.5, 0.6) is 0 Å². The Balaban J connectivity index is 2.08. The van der Waals surface area contributed by atoms with Crippen LogP contribution in [-0.4, -0.2) is 26.2 Å². The highest BCUT2D eigenvalue weighted by atomic mass is 32.2. The van der Waals surface area contributed by atoms with Crippen molar-refractivity contribution in [3.05, 3.63) is 65.1 Å². The minimum atomic E-state index is 0.788. The molecule has 0 aliphatic heterocycles. The molecule has 0 saturated carbocycles. The lowest BCUT2D eigenvalue weighted by molar-refractivity contribution is 0.989. The summed E-state index contributed by atoms with van der Waals surface area (Å²) in [6, 6.07) is 6.06. The molecule has 1 N–H and O–H groups in total. The van der Waals surface area contributed by atoms with Crippen LogP contribution in [0.3, 0.4) is 0 Å². The Kier molecular flexibility index (Phi) is 6.62. The molecule has 3 heterocycles. The molecule has 28 heavy (non-hydrogen) atoms. The summed E-state index contributed by atoms with van der Waals surface area (Å²) in [5.74, 6) is 6.55. The number of nitrogens with zero attached hydrogens (tertiary/aromatic N) is 4. The van der Waals surface area contributed by atoms with Crippen LogP contribution in [0, 0.1) is 18.8 Å². The number of hydrogen-bond donors (Lipinski definition) is 1. The van der Waals surface area contributed by atoms with E-state index in [-0.39, 0.29) is 0 Å². The van der Waals surface area contributed by atoms with E-state index in [1.54, 1.807) is 12.5 Å². The molecule has 0 unspecified atom stereocenters. The molecule has 0 aromatic carbocycles. The van der Waals surface area contributed by atoms with Gasteiger partial charge in [0, 0.05) is 35.5 Å². The summed E-state index contributed by atoms with van der Waals surface area (Å²) in [6.07, 6.45) is 8.88. The Bertz CT molecular complexity index is 1040. The number of anilines is 1. The van der Waals surface area contributed by atoms with Crippen molar-refractivity contribution in [2.24, 2.45) is 0 Å². The molecule has 5 nitrogen and oxygen atoms in total. The summed E-state index contributed by atoms with van der Waals surface area (Å²) in [5.41, 5.74) is 7.46. The largest absolute Gasteiger partial charge is 0.328 e. The molecule has 0 spiro atoms. The third kappa shape index (κ3) is 4.49. The van der Waals surface area contributed by atoms with E-state index in [0.29, 0.717) is 0 Å². The number of nitrogens with one attached hydrogen (secondary N) is 1. The van der Waals surface area contributed by atoms with Gasteiger partial charge in [0.15, 0.2) is 0 Å². The molecule has 0 aliphatic rings. The van der Waals surface area contributed by atoms with E-state index in [4.69, 9.17) is 0 Å². The van der Waals surface area contributed by atoms with Gasteiger partial charge in [0.2, 0.25) is 0 Å². The van der Waals surface area contributed by atoms with Crippen LogP contribution in [0.25, 0.3) is 11.3 Å². The van der Waals surface area contributed by atoms with Gasteiger partial charge in [0.1, 0.15) is 6.33 Å². The molecular formula is C22H23N5S. The fourth-order valence-electron chi connectivity index (χ4n) is 2.81. The average Bonchev–Trinajstić information content (AvgIpc) is 2.74. The Hall–Kier alpha value is -2.91. The van der Waals surface area contributed by atoms with Gasteiger partial charge in [-0.2, -0.15) is 0 Å². The summed E-state index contributed by atoms with van der Waals surface area (Å²) >= 11 is 1.54. The van der Waals surface area contributed by atoms with E-state index in [1.165, 1.54) is 11.9 Å². The topological polar surface area (TPSA) is 63.6 Å². The summed E-state index contributed by atoms with van der Waals surface area (Å²) in [5, 5.41) is 0. The van der Waals surface area contributed by atoms with Crippen molar-refractivity contribution in [3.63, 3.8) is 0 Å². The number of hydrogen-bond acceptors (Lipinski definition) is 6. The third-order valence-electron chi connectivity index (χ3n) is 4.34. The van der Waals surface area contributed by atoms with Gasteiger partial charge >= 0.3 is 0 Å². The lowest BCUT2D eigenvalue weighted by Gasteiger charge is -2.08. The van der Waals surface area contributed by atoms with E-state index >= 15 is 0 Å². The maximum Gasteiger partial charge on any atom is 0.116 e. The van der Waals surface area contributed by atoms with Crippen LogP contribution in [0.2, 0.25) is 0 Å². The average molecular weight is 390 g/mol. The highest BCUT2D eigenvalue weighted by Crippen LogP contribution is 2.23. The molecule has 0 bridgehead atoms. The summed E-state index contributed by atoms with van der Waals surface area (Å²) in [4.78, 5) is 17.8. The maximum absolute atomic E-state index is 4.53. The van der Waals surface area contributed by atoms with Crippen molar-refractivity contribution in [1.82, 2.24) is 19.9 Å². The van der Waals surface area contributed by atoms with Gasteiger partial charge in [-0.3, -0.25) is 9.97 Å². The van der Waals surface area contributed by atoms with E-state index in [1.807, 2.05) is 31.5 Å². The van der Waals surface area contributed by atoms with Crippen LogP contribution >= 0.6 is 11.9 Å². The standard InChI is InChI=1S/C22H23N5S/c1-5-18-12-17(9-10-23-18)22-19(20(6-2)25-14-26-22)8-7-16-11-21(27-28-4)15(3)24-13-16/h9-14,27H,5-6H2,1-4H3. The molecule has 0 amide bonds. The van der Waals surface area contributed by atoms with Crippen molar-refractivity contribution in [3.8, 4) is 23.1 Å². The normalized spacial score (nSPS) is 10.3. The Morgan fingerprint density at radius 3 is 2.64 bits per heavy atom. The monoisotopic (exact) mass is 389 g/mol. The first kappa shape index (κ1) is 19.8. The lowest BCUT2D eigenvalue weighted by Crippen LogP contribution is -2.00. The Morgan fingerprint density at radius 1 is 1.04 bits per heavy atom. The van der Waals surface area contributed by atoms with Gasteiger partial charge in [-0.25, -0.2) is 9.97 Å². The second-order valence-electron chi connectivity index (χ2n) is 6.20. The molecule has 3 rings (SSSR count). The summed E-state index contributed by atoms with van der Waals surface area (Å²) in [7, 11) is 0. The van der Waals surface area contributed by atoms with Crippen molar-refractivity contribution in [2.45, 2.75) is 33.6 Å². The zero-order valence-corrected chi connectivity index (χ0v) is 17.4. The number of pyridine rings is 2. The van der Waals surface area contributed by atoms with Crippen molar-refractivity contribution < 1.29 is 0 Å². The van der Waals surface area contributed by atoms with Crippen LogP contribution in [-0.2, 0) is 12.8 Å². The van der Waals surface area contributed by atoms with E-state index in [9.17, 15) is 0 Å². The zero-order chi connectivity index (χ0) is 19.9.